The minimum Gasteiger partial charge on any atom is -0.479 e. The van der Waals surface area contributed by atoms with Gasteiger partial charge in [-0.1, -0.05) is 19.3 Å². The van der Waals surface area contributed by atoms with Crippen LogP contribution >= 0.6 is 0 Å². The van der Waals surface area contributed by atoms with Crippen LogP contribution in [-0.2, 0) is 14.3 Å². The SMILES string of the molecule is NC(=O)C1(C(=O)O)OC12CCCCC2. The maximum atomic E-state index is 11.1. The molecule has 1 saturated carbocycles. The van der Waals surface area contributed by atoms with Crippen molar-refractivity contribution in [3.8, 4) is 0 Å². The molecular weight excluding hydrogens is 186 g/mol. The molecule has 1 unspecified atom stereocenters. The number of carbonyl (C=O) groups excluding carboxylic acids is 1. The van der Waals surface area contributed by atoms with Gasteiger partial charge in [0.25, 0.3) is 11.5 Å². The number of carboxylic acid groups (broad SMARTS) is 1. The molecule has 0 radical (unpaired) electrons. The lowest BCUT2D eigenvalue weighted by molar-refractivity contribution is -0.147. The van der Waals surface area contributed by atoms with E-state index in [4.69, 9.17) is 15.6 Å². The van der Waals surface area contributed by atoms with E-state index in [0.717, 1.165) is 19.3 Å². The molecule has 5 nitrogen and oxygen atoms in total. The summed E-state index contributed by atoms with van der Waals surface area (Å²) in [6.45, 7) is 0. The summed E-state index contributed by atoms with van der Waals surface area (Å²) in [4.78, 5) is 22.1. The highest BCUT2D eigenvalue weighted by Gasteiger charge is 2.78. The van der Waals surface area contributed by atoms with Gasteiger partial charge in [0.15, 0.2) is 0 Å². The van der Waals surface area contributed by atoms with Gasteiger partial charge < -0.3 is 15.6 Å². The van der Waals surface area contributed by atoms with Crippen LogP contribution in [0.1, 0.15) is 32.1 Å². The van der Waals surface area contributed by atoms with E-state index < -0.39 is 23.1 Å². The van der Waals surface area contributed by atoms with Crippen molar-refractivity contribution in [1.29, 1.82) is 0 Å². The van der Waals surface area contributed by atoms with Gasteiger partial charge in [-0.15, -0.1) is 0 Å². The normalized spacial score (nSPS) is 34.0. The highest BCUT2D eigenvalue weighted by Crippen LogP contribution is 2.56. The standard InChI is InChI=1S/C9H13NO4/c10-6(11)9(7(12)13)8(14-9)4-2-1-3-5-8/h1-5H2,(H2,10,11)(H,12,13). The van der Waals surface area contributed by atoms with E-state index in [2.05, 4.69) is 0 Å². The van der Waals surface area contributed by atoms with E-state index in [1.54, 1.807) is 0 Å². The zero-order chi connectivity index (χ0) is 10.4. The molecule has 1 amide bonds. The summed E-state index contributed by atoms with van der Waals surface area (Å²) in [5, 5.41) is 8.97. The second-order valence-electron chi connectivity index (χ2n) is 4.01. The average Bonchev–Trinajstić information content (AvgIpc) is 2.76. The molecule has 78 valence electrons. The number of carbonyl (C=O) groups is 2. The maximum absolute atomic E-state index is 11.1. The van der Waals surface area contributed by atoms with E-state index in [9.17, 15) is 9.59 Å². The van der Waals surface area contributed by atoms with Crippen LogP contribution in [0, 0.1) is 0 Å². The van der Waals surface area contributed by atoms with E-state index in [-0.39, 0.29) is 0 Å². The lowest BCUT2D eigenvalue weighted by Gasteiger charge is -2.19. The molecule has 1 aliphatic carbocycles. The van der Waals surface area contributed by atoms with Gasteiger partial charge in [0.2, 0.25) is 0 Å². The van der Waals surface area contributed by atoms with Gasteiger partial charge in [-0.2, -0.15) is 0 Å². The predicted molar refractivity (Wildman–Crippen MR) is 46.5 cm³/mol. The first-order valence-corrected chi connectivity index (χ1v) is 4.79. The first-order valence-electron chi connectivity index (χ1n) is 4.79. The molecule has 1 spiro atoms. The molecule has 1 heterocycles. The van der Waals surface area contributed by atoms with Crippen molar-refractivity contribution in [2.75, 3.05) is 0 Å². The van der Waals surface area contributed by atoms with Crippen LogP contribution in [0.15, 0.2) is 0 Å². The lowest BCUT2D eigenvalue weighted by atomic mass is 9.79. The van der Waals surface area contributed by atoms with E-state index in [0.29, 0.717) is 12.8 Å². The predicted octanol–water partition coefficient (Wildman–Crippen LogP) is 0.0282. The van der Waals surface area contributed by atoms with Crippen molar-refractivity contribution >= 4 is 11.9 Å². The Morgan fingerprint density at radius 3 is 2.14 bits per heavy atom. The number of nitrogens with two attached hydrogens (primary N) is 1. The van der Waals surface area contributed by atoms with Crippen LogP contribution in [-0.4, -0.2) is 28.2 Å². The molecular formula is C9H13NO4. The smallest absolute Gasteiger partial charge is 0.349 e. The average molecular weight is 199 g/mol. The van der Waals surface area contributed by atoms with Gasteiger partial charge in [-0.3, -0.25) is 4.79 Å². The third kappa shape index (κ3) is 0.930. The van der Waals surface area contributed by atoms with Crippen molar-refractivity contribution in [3.05, 3.63) is 0 Å². The number of hydrogen-bond acceptors (Lipinski definition) is 3. The minimum atomic E-state index is -1.73. The van der Waals surface area contributed by atoms with Crippen molar-refractivity contribution in [2.45, 2.75) is 43.3 Å². The summed E-state index contributed by atoms with van der Waals surface area (Å²) in [5.74, 6) is -2.11. The quantitative estimate of drug-likeness (QED) is 0.484. The molecule has 2 rings (SSSR count). The van der Waals surface area contributed by atoms with Crippen molar-refractivity contribution in [1.82, 2.24) is 0 Å². The number of rotatable bonds is 2. The van der Waals surface area contributed by atoms with Gasteiger partial charge in [0.05, 0.1) is 0 Å². The zero-order valence-electron chi connectivity index (χ0n) is 7.78. The number of primary amides is 1. The summed E-state index contributed by atoms with van der Waals surface area (Å²) in [5.41, 5.74) is 2.58. The first kappa shape index (κ1) is 9.45. The minimum absolute atomic E-state index is 0.627. The Hall–Kier alpha value is -1.10. The molecule has 14 heavy (non-hydrogen) atoms. The van der Waals surface area contributed by atoms with Crippen molar-refractivity contribution < 1.29 is 19.4 Å². The highest BCUT2D eigenvalue weighted by molar-refractivity contribution is 6.09. The number of ether oxygens (including phenoxy) is 1. The summed E-state index contributed by atoms with van der Waals surface area (Å²) in [6.07, 6.45) is 4.13. The zero-order valence-corrected chi connectivity index (χ0v) is 7.78. The highest BCUT2D eigenvalue weighted by atomic mass is 16.7. The molecule has 0 aromatic carbocycles. The van der Waals surface area contributed by atoms with E-state index in [1.807, 2.05) is 0 Å². The van der Waals surface area contributed by atoms with Gasteiger partial charge in [-0.05, 0) is 12.8 Å². The van der Waals surface area contributed by atoms with Crippen LogP contribution in [0.3, 0.4) is 0 Å². The van der Waals surface area contributed by atoms with Crippen molar-refractivity contribution in [3.63, 3.8) is 0 Å². The Balaban J connectivity index is 2.26. The van der Waals surface area contributed by atoms with Crippen LogP contribution in [0.25, 0.3) is 0 Å². The van der Waals surface area contributed by atoms with Crippen LogP contribution in [0.4, 0.5) is 0 Å². The lowest BCUT2D eigenvalue weighted by Crippen LogP contribution is -2.46. The molecule has 0 aromatic heterocycles. The number of hydrogen-bond donors (Lipinski definition) is 2. The summed E-state index contributed by atoms with van der Waals surface area (Å²) < 4.78 is 5.18. The largest absolute Gasteiger partial charge is 0.479 e. The third-order valence-electron chi connectivity index (χ3n) is 3.26. The molecule has 0 bridgehead atoms. The second-order valence-corrected chi connectivity index (χ2v) is 4.01. The van der Waals surface area contributed by atoms with E-state index in [1.165, 1.54) is 0 Å². The summed E-state index contributed by atoms with van der Waals surface area (Å²) in [7, 11) is 0. The summed E-state index contributed by atoms with van der Waals surface area (Å²) in [6, 6.07) is 0. The maximum Gasteiger partial charge on any atom is 0.349 e. The molecule has 0 aromatic rings. The monoisotopic (exact) mass is 199 g/mol. The summed E-state index contributed by atoms with van der Waals surface area (Å²) >= 11 is 0. The molecule has 1 aliphatic heterocycles. The van der Waals surface area contributed by atoms with Crippen LogP contribution < -0.4 is 5.73 Å². The third-order valence-corrected chi connectivity index (χ3v) is 3.26. The number of aliphatic carboxylic acids is 1. The Morgan fingerprint density at radius 1 is 1.21 bits per heavy atom. The fourth-order valence-electron chi connectivity index (χ4n) is 2.46. The fraction of sp³-hybridized carbons (Fsp3) is 0.778. The second kappa shape index (κ2) is 2.70. The van der Waals surface area contributed by atoms with E-state index >= 15 is 0 Å². The Bertz CT molecular complexity index is 279. The Labute approximate surface area is 81.2 Å². The first-order chi connectivity index (χ1) is 6.55. The van der Waals surface area contributed by atoms with Crippen LogP contribution in [0.2, 0.25) is 0 Å². The Kier molecular flexibility index (Phi) is 1.82. The van der Waals surface area contributed by atoms with Crippen molar-refractivity contribution in [2.24, 2.45) is 5.73 Å². The Morgan fingerprint density at radius 2 is 1.79 bits per heavy atom. The molecule has 3 N–H and O–H groups in total. The molecule has 2 fully saturated rings. The topological polar surface area (TPSA) is 92.9 Å². The number of epoxide rings is 1. The fourth-order valence-corrected chi connectivity index (χ4v) is 2.46. The molecule has 1 atom stereocenters. The van der Waals surface area contributed by atoms with Gasteiger partial charge in [-0.25, -0.2) is 4.79 Å². The van der Waals surface area contributed by atoms with Gasteiger partial charge in [0, 0.05) is 0 Å². The number of amides is 1. The van der Waals surface area contributed by atoms with Gasteiger partial charge >= 0.3 is 5.97 Å². The van der Waals surface area contributed by atoms with Crippen LogP contribution in [0.5, 0.6) is 0 Å². The molecule has 2 aliphatic rings. The molecule has 5 heteroatoms. The molecule has 1 saturated heterocycles. The number of carboxylic acids is 1. The van der Waals surface area contributed by atoms with Gasteiger partial charge in [0.1, 0.15) is 5.60 Å².